The van der Waals surface area contributed by atoms with Gasteiger partial charge in [-0.15, -0.1) is 23.5 Å². The maximum atomic E-state index is 4.93. The predicted molar refractivity (Wildman–Crippen MR) is 194 cm³/mol. The van der Waals surface area contributed by atoms with Gasteiger partial charge in [-0.25, -0.2) is 0 Å². The van der Waals surface area contributed by atoms with E-state index < -0.39 is 28.9 Å². The van der Waals surface area contributed by atoms with Crippen LogP contribution in [0.2, 0.25) is 24.2 Å². The number of aryl methyl sites for hydroxylation is 2. The van der Waals surface area contributed by atoms with Crippen molar-refractivity contribution < 1.29 is 20.8 Å². The number of halogens is 2. The number of allylic oxidation sites excluding steroid dienone is 4. The molecule has 0 bridgehead atoms. The van der Waals surface area contributed by atoms with Crippen molar-refractivity contribution in [1.82, 2.24) is 0 Å². The average molecular weight is 737 g/mol. The molecule has 2 saturated carbocycles. The molecule has 0 aromatic heterocycles. The van der Waals surface area contributed by atoms with Crippen LogP contribution in [0.25, 0.3) is 11.1 Å². The zero-order chi connectivity index (χ0) is 28.9. The van der Waals surface area contributed by atoms with Crippen molar-refractivity contribution in [3.05, 3.63) is 95.4 Å². The first-order valence-corrected chi connectivity index (χ1v) is 26.1. The summed E-state index contributed by atoms with van der Waals surface area (Å²) in [6, 6.07) is 18.3. The zero-order valence-electron chi connectivity index (χ0n) is 27.2. The van der Waals surface area contributed by atoms with Crippen LogP contribution < -0.4 is 0 Å². The molecule has 8 atom stereocenters. The average Bonchev–Trinajstić information content (AvgIpc) is 3.57. The van der Waals surface area contributed by atoms with Crippen molar-refractivity contribution in [2.75, 3.05) is 0 Å². The van der Waals surface area contributed by atoms with Gasteiger partial charge in [0.1, 0.15) is 0 Å². The SMILES string of the molecule is CC1=C(c2ccccc2C)C2CC(C)C([Si](C)(C)C3C(C)CC4C(c5ccccc5C)=C(C)SC43)C2S1.[CH3-].[CH3-].[Cl][Zr+2][Cl]. The van der Waals surface area contributed by atoms with Gasteiger partial charge in [-0.2, -0.15) is 0 Å². The maximum absolute atomic E-state index is 4.93. The Bertz CT molecular complexity index is 1220. The molecule has 2 aromatic rings. The van der Waals surface area contributed by atoms with Crippen LogP contribution >= 0.6 is 40.5 Å². The molecule has 2 aliphatic heterocycles. The molecule has 228 valence electrons. The molecule has 0 N–H and O–H groups in total. The van der Waals surface area contributed by atoms with E-state index in [9.17, 15) is 0 Å². The molecule has 0 radical (unpaired) electrons. The third-order valence-electron chi connectivity index (χ3n) is 10.7. The molecule has 2 aromatic carbocycles. The van der Waals surface area contributed by atoms with Crippen LogP contribution in [0.3, 0.4) is 0 Å². The Morgan fingerprint density at radius 1 is 0.667 bits per heavy atom. The molecule has 2 fully saturated rings. The van der Waals surface area contributed by atoms with Gasteiger partial charge >= 0.3 is 37.9 Å². The molecule has 0 amide bonds. The summed E-state index contributed by atoms with van der Waals surface area (Å²) < 4.78 is 0. The van der Waals surface area contributed by atoms with Crippen molar-refractivity contribution in [2.24, 2.45) is 23.7 Å². The fraction of sp³-hybridized carbons (Fsp3) is 0.500. The first-order valence-electron chi connectivity index (χ1n) is 14.9. The fourth-order valence-electron chi connectivity index (χ4n) is 9.51. The summed E-state index contributed by atoms with van der Waals surface area (Å²) >= 11 is 3.71. The minimum atomic E-state index is -1.58. The molecule has 2 heterocycles. The minimum absolute atomic E-state index is 0. The Balaban J connectivity index is 0.000000930. The molecule has 6 rings (SSSR count). The summed E-state index contributed by atoms with van der Waals surface area (Å²) in [5.41, 5.74) is 11.1. The van der Waals surface area contributed by atoms with Gasteiger partial charge in [0.25, 0.3) is 0 Å². The molecule has 8 unspecified atom stereocenters. The van der Waals surface area contributed by atoms with Crippen LogP contribution in [-0.2, 0) is 20.8 Å². The third-order valence-corrected chi connectivity index (χ3v) is 19.4. The van der Waals surface area contributed by atoms with Crippen LogP contribution in [0.15, 0.2) is 58.3 Å². The summed E-state index contributed by atoms with van der Waals surface area (Å²) in [6.07, 6.45) is 2.77. The monoisotopic (exact) mass is 734 g/mol. The van der Waals surface area contributed by atoms with Crippen molar-refractivity contribution in [3.63, 3.8) is 0 Å². The van der Waals surface area contributed by atoms with Crippen molar-refractivity contribution in [2.45, 2.75) is 89.1 Å². The summed E-state index contributed by atoms with van der Waals surface area (Å²) in [5.74, 6) is 3.14. The Hall–Kier alpha value is 0.300. The molecule has 0 saturated heterocycles. The van der Waals surface area contributed by atoms with Crippen LogP contribution in [0, 0.1) is 52.4 Å². The summed E-state index contributed by atoms with van der Waals surface area (Å²) in [6.45, 7) is 20.3. The second-order valence-electron chi connectivity index (χ2n) is 13.3. The molecule has 4 aliphatic rings. The zero-order valence-corrected chi connectivity index (χ0v) is 33.8. The van der Waals surface area contributed by atoms with E-state index in [1.165, 1.54) is 35.1 Å². The van der Waals surface area contributed by atoms with Gasteiger partial charge in [-0.1, -0.05) is 75.5 Å². The van der Waals surface area contributed by atoms with Crippen LogP contribution in [-0.4, -0.2) is 18.6 Å². The van der Waals surface area contributed by atoms with E-state index in [4.69, 9.17) is 17.0 Å². The number of fused-ring (bicyclic) bond motifs is 2. The van der Waals surface area contributed by atoms with E-state index in [1.807, 2.05) is 0 Å². The van der Waals surface area contributed by atoms with Crippen LogP contribution in [0.1, 0.15) is 62.8 Å². The van der Waals surface area contributed by atoms with E-state index in [2.05, 4.69) is 127 Å². The van der Waals surface area contributed by atoms with E-state index in [0.29, 0.717) is 0 Å². The fourth-order valence-corrected chi connectivity index (χ4v) is 21.1. The first kappa shape index (κ1) is 36.8. The van der Waals surface area contributed by atoms with Crippen LogP contribution in [0.5, 0.6) is 0 Å². The molecular weight excluding hydrogens is 687 g/mol. The van der Waals surface area contributed by atoms with Gasteiger partial charge in [0.05, 0.1) is 8.07 Å². The van der Waals surface area contributed by atoms with E-state index in [0.717, 1.165) is 45.3 Å². The topological polar surface area (TPSA) is 0 Å². The molecule has 0 spiro atoms. The summed E-state index contributed by atoms with van der Waals surface area (Å²) in [5, 5.41) is 1.57. The van der Waals surface area contributed by atoms with E-state index >= 15 is 0 Å². The number of rotatable bonds is 4. The molecule has 0 nitrogen and oxygen atoms in total. The third kappa shape index (κ3) is 6.44. The predicted octanol–water partition coefficient (Wildman–Crippen LogP) is 12.7. The van der Waals surface area contributed by atoms with Crippen molar-refractivity contribution in [1.29, 1.82) is 0 Å². The molecule has 2 aliphatic carbocycles. The van der Waals surface area contributed by atoms with Gasteiger partial charge in [-0.05, 0) is 119 Å². The summed E-state index contributed by atoms with van der Waals surface area (Å²) in [4.78, 5) is 3.22. The van der Waals surface area contributed by atoms with Gasteiger partial charge < -0.3 is 14.9 Å². The van der Waals surface area contributed by atoms with Crippen molar-refractivity contribution >= 4 is 59.8 Å². The first-order chi connectivity index (χ1) is 19.0. The Labute approximate surface area is 286 Å². The Morgan fingerprint density at radius 3 is 1.33 bits per heavy atom. The van der Waals surface area contributed by atoms with E-state index in [1.54, 1.807) is 21.0 Å². The van der Waals surface area contributed by atoms with Crippen LogP contribution in [0.4, 0.5) is 0 Å². The Kier molecular flexibility index (Phi) is 13.0. The summed E-state index contributed by atoms with van der Waals surface area (Å²) in [7, 11) is 8.29. The van der Waals surface area contributed by atoms with Crippen molar-refractivity contribution in [3.8, 4) is 0 Å². The standard InChI is InChI=1S/C34H44S2Si.2CH3.2ClH.Zr/c1-19-13-9-11-15-25(19)29-23(5)35-31-27(29)17-21(3)33(31)37(7,8)34-22(4)18-28-30(24(6)36-32(28)34)26-16-12-10-14-20(26)2;;;;;/h9-16,21-22,27-28,31-34H,17-18H2,1-8H3;2*1H3;2*1H;/q;2*-1;;;+4/p-2. The molecule has 6 heteroatoms. The van der Waals surface area contributed by atoms with Gasteiger partial charge in [0.15, 0.2) is 0 Å². The molecular formula is C36H50Cl2S2SiZr. The second kappa shape index (κ2) is 14.8. The van der Waals surface area contributed by atoms with Gasteiger partial charge in [-0.3, -0.25) is 0 Å². The number of hydrogen-bond acceptors (Lipinski definition) is 2. The number of thioether (sulfide) groups is 2. The quantitative estimate of drug-likeness (QED) is 0.226. The number of hydrogen-bond donors (Lipinski definition) is 0. The molecule has 42 heavy (non-hydrogen) atoms. The van der Waals surface area contributed by atoms with Gasteiger partial charge in [0.2, 0.25) is 0 Å². The van der Waals surface area contributed by atoms with E-state index in [-0.39, 0.29) is 14.9 Å². The second-order valence-corrected chi connectivity index (χ2v) is 24.8. The number of benzene rings is 2. The Morgan fingerprint density at radius 2 is 1.00 bits per heavy atom. The van der Waals surface area contributed by atoms with Gasteiger partial charge in [0, 0.05) is 10.5 Å². The normalized spacial score (nSPS) is 31.5.